The summed E-state index contributed by atoms with van der Waals surface area (Å²) in [5, 5.41) is 5.60. The molecule has 0 spiro atoms. The highest BCUT2D eigenvalue weighted by molar-refractivity contribution is 9.11. The van der Waals surface area contributed by atoms with E-state index >= 15 is 0 Å². The second-order valence-electron chi connectivity index (χ2n) is 7.98. The van der Waals surface area contributed by atoms with Crippen LogP contribution in [0.25, 0.3) is 0 Å². The van der Waals surface area contributed by atoms with Gasteiger partial charge in [-0.05, 0) is 65.4 Å². The lowest BCUT2D eigenvalue weighted by atomic mass is 10.1. The molecule has 0 heterocycles. The van der Waals surface area contributed by atoms with E-state index in [4.69, 9.17) is 27.9 Å². The lowest BCUT2D eigenvalue weighted by Gasteiger charge is -2.26. The Labute approximate surface area is 191 Å². The molecule has 1 aliphatic rings. The fourth-order valence-corrected chi connectivity index (χ4v) is 4.47. The number of nitrogens with one attached hydrogen (secondary N) is 2. The zero-order valence-electron chi connectivity index (χ0n) is 15.9. The molecule has 1 aromatic rings. The van der Waals surface area contributed by atoms with Crippen LogP contribution in [0.5, 0.6) is 0 Å². The third kappa shape index (κ3) is 6.12. The van der Waals surface area contributed by atoms with Crippen LogP contribution in [-0.4, -0.2) is 24.1 Å². The Morgan fingerprint density at radius 3 is 2.50 bits per heavy atom. The number of halogens is 4. The topological polar surface area (TPSA) is 67.4 Å². The molecule has 0 saturated heterocycles. The van der Waals surface area contributed by atoms with Crippen molar-refractivity contribution in [3.05, 3.63) is 37.7 Å². The van der Waals surface area contributed by atoms with Crippen LogP contribution in [-0.2, 0) is 9.53 Å². The van der Waals surface area contributed by atoms with Crippen LogP contribution in [0.1, 0.15) is 27.7 Å². The standard InChI is InChI=1S/C19H22Br2Cl2N2O3/c1-18(2,25-16(26)15-11(8-14(22)23)19(15,3)4)9-28-17(27)24-13-6-5-10(20)7-12(13)21/h5-8,11,15H,9H2,1-4H3,(H,24,27)(H,25,26)/t11-,15+/m1/s1. The van der Waals surface area contributed by atoms with Crippen LogP contribution in [0, 0.1) is 17.3 Å². The molecule has 2 amide bonds. The number of amides is 2. The van der Waals surface area contributed by atoms with Crippen molar-refractivity contribution in [2.45, 2.75) is 33.2 Å². The molecule has 0 aromatic heterocycles. The van der Waals surface area contributed by atoms with Crippen molar-refractivity contribution in [3.8, 4) is 0 Å². The van der Waals surface area contributed by atoms with Gasteiger partial charge in [-0.25, -0.2) is 4.79 Å². The van der Waals surface area contributed by atoms with Crippen molar-refractivity contribution in [1.29, 1.82) is 0 Å². The largest absolute Gasteiger partial charge is 0.447 e. The summed E-state index contributed by atoms with van der Waals surface area (Å²) in [7, 11) is 0. The second kappa shape index (κ2) is 8.94. The molecular formula is C19H22Br2Cl2N2O3. The Balaban J connectivity index is 1.89. The van der Waals surface area contributed by atoms with Crippen LogP contribution >= 0.6 is 55.1 Å². The summed E-state index contributed by atoms with van der Waals surface area (Å²) in [4.78, 5) is 24.7. The summed E-state index contributed by atoms with van der Waals surface area (Å²) in [5.41, 5.74) is -0.369. The molecule has 154 valence electrons. The molecule has 1 aromatic carbocycles. The predicted octanol–water partition coefficient (Wildman–Crippen LogP) is 6.25. The molecule has 0 unspecified atom stereocenters. The zero-order chi connectivity index (χ0) is 21.3. The minimum atomic E-state index is -0.733. The highest BCUT2D eigenvalue weighted by Crippen LogP contribution is 2.59. The average Bonchev–Trinajstić information content (AvgIpc) is 3.07. The van der Waals surface area contributed by atoms with E-state index in [0.717, 1.165) is 8.95 Å². The Morgan fingerprint density at radius 2 is 1.93 bits per heavy atom. The van der Waals surface area contributed by atoms with Crippen molar-refractivity contribution < 1.29 is 14.3 Å². The van der Waals surface area contributed by atoms with Crippen molar-refractivity contribution >= 4 is 72.7 Å². The molecular weight excluding hydrogens is 535 g/mol. The molecule has 0 aliphatic heterocycles. The van der Waals surface area contributed by atoms with E-state index in [-0.39, 0.29) is 34.3 Å². The number of hydrogen-bond donors (Lipinski definition) is 2. The Kier molecular flexibility index (Phi) is 7.51. The molecule has 2 rings (SSSR count). The van der Waals surface area contributed by atoms with E-state index in [9.17, 15) is 9.59 Å². The molecule has 0 bridgehead atoms. The first-order valence-electron chi connectivity index (χ1n) is 8.57. The number of allylic oxidation sites excluding steroid dienone is 1. The fourth-order valence-electron chi connectivity index (χ4n) is 3.06. The van der Waals surface area contributed by atoms with E-state index in [0.29, 0.717) is 5.69 Å². The van der Waals surface area contributed by atoms with E-state index in [1.807, 2.05) is 19.9 Å². The van der Waals surface area contributed by atoms with Crippen LogP contribution in [0.4, 0.5) is 10.5 Å². The number of benzene rings is 1. The average molecular weight is 557 g/mol. The number of carbonyl (C=O) groups excluding carboxylic acids is 2. The Bertz CT molecular complexity index is 808. The molecule has 1 aliphatic carbocycles. The first-order valence-corrected chi connectivity index (χ1v) is 10.9. The van der Waals surface area contributed by atoms with Crippen molar-refractivity contribution in [2.75, 3.05) is 11.9 Å². The third-order valence-electron chi connectivity index (χ3n) is 4.69. The van der Waals surface area contributed by atoms with Gasteiger partial charge >= 0.3 is 6.09 Å². The number of carbonyl (C=O) groups is 2. The molecule has 1 saturated carbocycles. The monoisotopic (exact) mass is 554 g/mol. The molecule has 5 nitrogen and oxygen atoms in total. The third-order valence-corrected chi connectivity index (χ3v) is 6.09. The van der Waals surface area contributed by atoms with Gasteiger partial charge in [-0.15, -0.1) is 0 Å². The highest BCUT2D eigenvalue weighted by Gasteiger charge is 2.61. The summed E-state index contributed by atoms with van der Waals surface area (Å²) >= 11 is 18.2. The van der Waals surface area contributed by atoms with Gasteiger partial charge in [-0.3, -0.25) is 10.1 Å². The zero-order valence-corrected chi connectivity index (χ0v) is 20.6. The summed E-state index contributed by atoms with van der Waals surface area (Å²) < 4.78 is 7.05. The van der Waals surface area contributed by atoms with Crippen molar-refractivity contribution in [1.82, 2.24) is 5.32 Å². The van der Waals surface area contributed by atoms with Gasteiger partial charge in [0.25, 0.3) is 0 Å². The van der Waals surface area contributed by atoms with Gasteiger partial charge in [0.15, 0.2) is 0 Å². The van der Waals surface area contributed by atoms with E-state index in [1.54, 1.807) is 32.1 Å². The maximum atomic E-state index is 12.6. The van der Waals surface area contributed by atoms with Gasteiger partial charge in [0.1, 0.15) is 11.1 Å². The lowest BCUT2D eigenvalue weighted by Crippen LogP contribution is -2.48. The second-order valence-corrected chi connectivity index (χ2v) is 10.8. The van der Waals surface area contributed by atoms with Crippen LogP contribution in [0.15, 0.2) is 37.7 Å². The van der Waals surface area contributed by atoms with Gasteiger partial charge < -0.3 is 10.1 Å². The van der Waals surface area contributed by atoms with Crippen LogP contribution < -0.4 is 10.6 Å². The first kappa shape index (κ1) is 23.5. The van der Waals surface area contributed by atoms with Gasteiger partial charge in [-0.1, -0.05) is 53.0 Å². The molecule has 2 atom stereocenters. The van der Waals surface area contributed by atoms with Crippen LogP contribution in [0.3, 0.4) is 0 Å². The number of rotatable bonds is 6. The van der Waals surface area contributed by atoms with Gasteiger partial charge in [0.05, 0.1) is 17.1 Å². The highest BCUT2D eigenvalue weighted by atomic mass is 79.9. The summed E-state index contributed by atoms with van der Waals surface area (Å²) in [6.07, 6.45) is 1.09. The van der Waals surface area contributed by atoms with Gasteiger partial charge in [0, 0.05) is 8.95 Å². The first-order chi connectivity index (χ1) is 12.8. The number of hydrogen-bond acceptors (Lipinski definition) is 3. The smallest absolute Gasteiger partial charge is 0.411 e. The van der Waals surface area contributed by atoms with Gasteiger partial charge in [0.2, 0.25) is 5.91 Å². The van der Waals surface area contributed by atoms with Crippen molar-refractivity contribution in [2.24, 2.45) is 17.3 Å². The molecule has 1 fully saturated rings. The molecule has 0 radical (unpaired) electrons. The maximum absolute atomic E-state index is 12.6. The minimum absolute atomic E-state index is 0.0165. The summed E-state index contributed by atoms with van der Waals surface area (Å²) in [6.45, 7) is 7.58. The van der Waals surface area contributed by atoms with E-state index < -0.39 is 11.6 Å². The summed E-state index contributed by atoms with van der Waals surface area (Å²) in [5.74, 6) is -0.371. The molecule has 2 N–H and O–H groups in total. The lowest BCUT2D eigenvalue weighted by molar-refractivity contribution is -0.125. The number of ether oxygens (including phenoxy) is 1. The van der Waals surface area contributed by atoms with E-state index in [2.05, 4.69) is 42.5 Å². The van der Waals surface area contributed by atoms with E-state index in [1.165, 1.54) is 0 Å². The fraction of sp³-hybridized carbons (Fsp3) is 0.474. The molecule has 28 heavy (non-hydrogen) atoms. The molecule has 9 heteroatoms. The van der Waals surface area contributed by atoms with Gasteiger partial charge in [-0.2, -0.15) is 0 Å². The minimum Gasteiger partial charge on any atom is -0.447 e. The SMILES string of the molecule is CC(C)(COC(=O)Nc1ccc(Br)cc1Br)NC(=O)[C@@H]1[C@@H](C=C(Cl)Cl)C1(C)C. The Morgan fingerprint density at radius 1 is 1.29 bits per heavy atom. The summed E-state index contributed by atoms with van der Waals surface area (Å²) in [6, 6.07) is 5.36. The maximum Gasteiger partial charge on any atom is 0.411 e. The normalized spacial score (nSPS) is 20.1. The quantitative estimate of drug-likeness (QED) is 0.435. The van der Waals surface area contributed by atoms with Crippen molar-refractivity contribution in [3.63, 3.8) is 0 Å². The predicted molar refractivity (Wildman–Crippen MR) is 120 cm³/mol. The Hall–Kier alpha value is -0.760. The van der Waals surface area contributed by atoms with Crippen LogP contribution in [0.2, 0.25) is 0 Å². The number of anilines is 1.